The van der Waals surface area contributed by atoms with Crippen molar-refractivity contribution in [3.63, 3.8) is 0 Å². The smallest absolute Gasteiger partial charge is 0.411 e. The van der Waals surface area contributed by atoms with Crippen molar-refractivity contribution in [2.45, 2.75) is 39.8 Å². The van der Waals surface area contributed by atoms with Gasteiger partial charge in [-0.15, -0.1) is 0 Å². The first-order chi connectivity index (χ1) is 19.6. The second-order valence-electron chi connectivity index (χ2n) is 11.0. The molecule has 0 aliphatic carbocycles. The van der Waals surface area contributed by atoms with Gasteiger partial charge in [-0.25, -0.2) is 4.79 Å². The molecule has 10 heteroatoms. The highest BCUT2D eigenvalue weighted by molar-refractivity contribution is 6.43. The SMILES string of the molecule is CC(C)CN(C)C(=O)OC(C)n1c(=O)ccc2ccc(OCCCCN3CCN(c4cccc(Cl)c4Cl)CC3)cc21. The summed E-state index contributed by atoms with van der Waals surface area (Å²) in [6.45, 7) is 11.7. The number of halogens is 2. The summed E-state index contributed by atoms with van der Waals surface area (Å²) in [6.07, 6.45) is 0.708. The predicted octanol–water partition coefficient (Wildman–Crippen LogP) is 6.53. The van der Waals surface area contributed by atoms with Crippen molar-refractivity contribution in [3.8, 4) is 5.75 Å². The number of ether oxygens (including phenoxy) is 2. The van der Waals surface area contributed by atoms with Crippen LogP contribution >= 0.6 is 23.2 Å². The number of hydrogen-bond donors (Lipinski definition) is 0. The molecular weight excluding hydrogens is 563 g/mol. The van der Waals surface area contributed by atoms with Crippen LogP contribution in [0.3, 0.4) is 0 Å². The van der Waals surface area contributed by atoms with Crippen molar-refractivity contribution in [2.24, 2.45) is 5.92 Å². The molecule has 222 valence electrons. The van der Waals surface area contributed by atoms with Crippen LogP contribution in [0.15, 0.2) is 53.3 Å². The average Bonchev–Trinajstić information content (AvgIpc) is 2.94. The van der Waals surface area contributed by atoms with Gasteiger partial charge >= 0.3 is 6.09 Å². The standard InChI is InChI=1S/C31H40Cl2N4O4/c1-22(2)21-34(4)31(39)41-23(3)37-28-20-25(12-10-24(28)11-13-29(37)38)40-19-6-5-14-35-15-17-36(18-16-35)27-9-7-8-26(32)30(27)33/h7-13,20,22-23H,5-6,14-19,21H2,1-4H3. The van der Waals surface area contributed by atoms with Crippen LogP contribution in [0.4, 0.5) is 10.5 Å². The summed E-state index contributed by atoms with van der Waals surface area (Å²) in [7, 11) is 1.70. The Labute approximate surface area is 252 Å². The van der Waals surface area contributed by atoms with Gasteiger partial charge in [-0.1, -0.05) is 43.1 Å². The first-order valence-corrected chi connectivity index (χ1v) is 15.0. The van der Waals surface area contributed by atoms with Crippen molar-refractivity contribution in [1.29, 1.82) is 0 Å². The van der Waals surface area contributed by atoms with Crippen LogP contribution in [0.2, 0.25) is 10.0 Å². The molecule has 1 atom stereocenters. The second kappa shape index (κ2) is 14.3. The minimum absolute atomic E-state index is 0.237. The lowest BCUT2D eigenvalue weighted by Gasteiger charge is -2.36. The quantitative estimate of drug-likeness (QED) is 0.232. The first-order valence-electron chi connectivity index (χ1n) is 14.2. The topological polar surface area (TPSA) is 67.2 Å². The van der Waals surface area contributed by atoms with Crippen LogP contribution in [0.5, 0.6) is 5.75 Å². The molecule has 0 radical (unpaired) electrons. The van der Waals surface area contributed by atoms with E-state index in [1.165, 1.54) is 15.5 Å². The minimum atomic E-state index is -0.765. The third-order valence-corrected chi connectivity index (χ3v) is 8.08. The fourth-order valence-electron chi connectivity index (χ4n) is 5.19. The third kappa shape index (κ3) is 8.09. The Kier molecular flexibility index (Phi) is 10.8. The molecule has 2 aromatic carbocycles. The fraction of sp³-hybridized carbons (Fsp3) is 0.484. The number of anilines is 1. The lowest BCUT2D eigenvalue weighted by Crippen LogP contribution is -2.46. The van der Waals surface area contributed by atoms with Crippen LogP contribution in [0, 0.1) is 5.92 Å². The fourth-order valence-corrected chi connectivity index (χ4v) is 5.60. The van der Waals surface area contributed by atoms with Gasteiger partial charge in [0.2, 0.25) is 0 Å². The maximum Gasteiger partial charge on any atom is 0.411 e. The molecule has 3 aromatic rings. The number of aromatic nitrogens is 1. The van der Waals surface area contributed by atoms with Gasteiger partial charge in [0, 0.05) is 51.9 Å². The Hall–Kier alpha value is -2.94. The molecule has 1 unspecified atom stereocenters. The molecule has 0 bridgehead atoms. The number of amides is 1. The maximum absolute atomic E-state index is 12.8. The van der Waals surface area contributed by atoms with Gasteiger partial charge in [-0.3, -0.25) is 14.3 Å². The highest BCUT2D eigenvalue weighted by Crippen LogP contribution is 2.33. The van der Waals surface area contributed by atoms with E-state index >= 15 is 0 Å². The average molecular weight is 604 g/mol. The molecule has 1 aliphatic heterocycles. The number of carbonyl (C=O) groups excluding carboxylic acids is 1. The maximum atomic E-state index is 12.8. The summed E-state index contributed by atoms with van der Waals surface area (Å²) >= 11 is 12.6. The van der Waals surface area contributed by atoms with Gasteiger partial charge in [-0.05, 0) is 67.9 Å². The van der Waals surface area contributed by atoms with E-state index in [-0.39, 0.29) is 5.56 Å². The summed E-state index contributed by atoms with van der Waals surface area (Å²) in [4.78, 5) is 31.6. The lowest BCUT2D eigenvalue weighted by molar-refractivity contribution is 0.0421. The van der Waals surface area contributed by atoms with E-state index in [0.717, 1.165) is 56.6 Å². The Morgan fingerprint density at radius 2 is 1.73 bits per heavy atom. The molecule has 0 saturated carbocycles. The summed E-state index contributed by atoms with van der Waals surface area (Å²) in [5.41, 5.74) is 1.43. The van der Waals surface area contributed by atoms with Gasteiger partial charge in [0.05, 0.1) is 27.9 Å². The van der Waals surface area contributed by atoms with E-state index in [0.29, 0.717) is 40.4 Å². The molecule has 1 saturated heterocycles. The zero-order chi connectivity index (χ0) is 29.5. The van der Waals surface area contributed by atoms with Gasteiger partial charge < -0.3 is 19.3 Å². The van der Waals surface area contributed by atoms with E-state index in [9.17, 15) is 9.59 Å². The predicted molar refractivity (Wildman–Crippen MR) is 167 cm³/mol. The van der Waals surface area contributed by atoms with Crippen LogP contribution in [0.1, 0.15) is 39.8 Å². The van der Waals surface area contributed by atoms with Gasteiger partial charge in [-0.2, -0.15) is 0 Å². The number of fused-ring (bicyclic) bond motifs is 1. The molecule has 2 heterocycles. The number of piperazine rings is 1. The van der Waals surface area contributed by atoms with Gasteiger partial charge in [0.25, 0.3) is 5.56 Å². The molecule has 1 amide bonds. The molecule has 0 spiro atoms. The van der Waals surface area contributed by atoms with E-state index in [2.05, 4.69) is 9.80 Å². The molecular formula is C31H40Cl2N4O4. The van der Waals surface area contributed by atoms with E-state index < -0.39 is 12.3 Å². The highest BCUT2D eigenvalue weighted by Gasteiger charge is 2.20. The number of pyridine rings is 1. The van der Waals surface area contributed by atoms with Crippen molar-refractivity contribution < 1.29 is 14.3 Å². The molecule has 1 aromatic heterocycles. The second-order valence-corrected chi connectivity index (χ2v) is 11.8. The Balaban J connectivity index is 1.27. The Morgan fingerprint density at radius 3 is 2.46 bits per heavy atom. The number of benzene rings is 2. The summed E-state index contributed by atoms with van der Waals surface area (Å²) in [5.74, 6) is 0.992. The first kappa shape index (κ1) is 31.0. The van der Waals surface area contributed by atoms with Gasteiger partial charge in [0.15, 0.2) is 6.23 Å². The molecule has 41 heavy (non-hydrogen) atoms. The minimum Gasteiger partial charge on any atom is -0.494 e. The van der Waals surface area contributed by atoms with Crippen molar-refractivity contribution in [1.82, 2.24) is 14.4 Å². The lowest BCUT2D eigenvalue weighted by atomic mass is 10.2. The number of carbonyl (C=O) groups is 1. The number of hydrogen-bond acceptors (Lipinski definition) is 6. The monoisotopic (exact) mass is 602 g/mol. The zero-order valence-corrected chi connectivity index (χ0v) is 25.8. The van der Waals surface area contributed by atoms with Crippen LogP contribution < -0.4 is 15.2 Å². The molecule has 1 aliphatic rings. The molecule has 1 fully saturated rings. The Bertz CT molecular complexity index is 1390. The number of nitrogens with zero attached hydrogens (tertiary/aromatic N) is 4. The van der Waals surface area contributed by atoms with Crippen LogP contribution in [0.25, 0.3) is 10.9 Å². The largest absolute Gasteiger partial charge is 0.494 e. The number of unbranched alkanes of at least 4 members (excludes halogenated alkanes) is 1. The summed E-state index contributed by atoms with van der Waals surface area (Å²) < 4.78 is 13.2. The number of rotatable bonds is 11. The molecule has 8 nitrogen and oxygen atoms in total. The molecule has 4 rings (SSSR count). The van der Waals surface area contributed by atoms with E-state index in [4.69, 9.17) is 32.7 Å². The Morgan fingerprint density at radius 1 is 1.00 bits per heavy atom. The highest BCUT2D eigenvalue weighted by atomic mass is 35.5. The van der Waals surface area contributed by atoms with E-state index in [1.54, 1.807) is 20.0 Å². The van der Waals surface area contributed by atoms with Crippen LogP contribution in [-0.2, 0) is 4.74 Å². The molecule has 0 N–H and O–H groups in total. The van der Waals surface area contributed by atoms with Gasteiger partial charge in [0.1, 0.15) is 5.75 Å². The third-order valence-electron chi connectivity index (χ3n) is 7.27. The van der Waals surface area contributed by atoms with Crippen LogP contribution in [-0.4, -0.2) is 73.4 Å². The zero-order valence-electron chi connectivity index (χ0n) is 24.3. The normalized spacial score (nSPS) is 14.9. The van der Waals surface area contributed by atoms with Crippen molar-refractivity contribution in [3.05, 3.63) is 68.9 Å². The van der Waals surface area contributed by atoms with Crippen molar-refractivity contribution >= 4 is 45.9 Å². The van der Waals surface area contributed by atoms with Crippen molar-refractivity contribution in [2.75, 3.05) is 57.8 Å². The summed E-state index contributed by atoms with van der Waals surface area (Å²) in [5, 5.41) is 2.08. The van der Waals surface area contributed by atoms with E-state index in [1.807, 2.05) is 50.2 Å². The summed E-state index contributed by atoms with van der Waals surface area (Å²) in [6, 6.07) is 14.7.